The first-order valence-electron chi connectivity index (χ1n) is 11.1. The molecule has 31 heavy (non-hydrogen) atoms. The second kappa shape index (κ2) is 14.1. The van der Waals surface area contributed by atoms with Crippen LogP contribution in [0.2, 0.25) is 0 Å². The number of halogens is 2. The van der Waals surface area contributed by atoms with Crippen molar-refractivity contribution >= 4 is 35.6 Å². The maximum atomic E-state index is 14.7. The van der Waals surface area contributed by atoms with Gasteiger partial charge in [0.05, 0.1) is 18.4 Å². The Labute approximate surface area is 202 Å². The van der Waals surface area contributed by atoms with Gasteiger partial charge in [0.25, 0.3) is 0 Å². The third kappa shape index (κ3) is 8.36. The quantitative estimate of drug-likeness (QED) is 0.214. The van der Waals surface area contributed by atoms with Crippen molar-refractivity contribution in [3.63, 3.8) is 0 Å². The van der Waals surface area contributed by atoms with Crippen LogP contribution in [0.3, 0.4) is 0 Å². The monoisotopic (exact) mass is 549 g/mol. The van der Waals surface area contributed by atoms with Crippen molar-refractivity contribution in [1.82, 2.24) is 15.5 Å². The molecule has 2 N–H and O–H groups in total. The number of nitrogens with one attached hydrogen (secondary N) is 2. The van der Waals surface area contributed by atoms with Gasteiger partial charge < -0.3 is 29.9 Å². The number of nitrogens with zero attached hydrogens (tertiary/aromatic N) is 3. The fraction of sp³-hybridized carbons (Fsp3) is 0.682. The number of guanidine groups is 1. The molecule has 1 unspecified atom stereocenters. The van der Waals surface area contributed by atoms with Crippen LogP contribution in [0.1, 0.15) is 25.3 Å². The number of piperazine rings is 1. The number of ether oxygens (including phenoxy) is 2. The summed E-state index contributed by atoms with van der Waals surface area (Å²) in [6.45, 7) is 10.4. The maximum Gasteiger partial charge on any atom is 0.191 e. The van der Waals surface area contributed by atoms with Crippen LogP contribution in [0.4, 0.5) is 10.1 Å². The number of benzene rings is 1. The highest BCUT2D eigenvalue weighted by Gasteiger charge is 2.18. The third-order valence-electron chi connectivity index (χ3n) is 5.71. The Bertz CT molecular complexity index is 680. The molecule has 0 saturated carbocycles. The fourth-order valence-electron chi connectivity index (χ4n) is 3.80. The van der Waals surface area contributed by atoms with Crippen LogP contribution in [0.5, 0.6) is 0 Å². The predicted octanol–water partition coefficient (Wildman–Crippen LogP) is 2.45. The van der Waals surface area contributed by atoms with Crippen LogP contribution in [0, 0.1) is 5.82 Å². The van der Waals surface area contributed by atoms with Crippen molar-refractivity contribution in [2.45, 2.75) is 32.4 Å². The Morgan fingerprint density at radius 2 is 2.06 bits per heavy atom. The van der Waals surface area contributed by atoms with Gasteiger partial charge in [-0.1, -0.05) is 13.0 Å². The highest BCUT2D eigenvalue weighted by Crippen LogP contribution is 2.22. The van der Waals surface area contributed by atoms with E-state index in [2.05, 4.69) is 32.3 Å². The van der Waals surface area contributed by atoms with Crippen molar-refractivity contribution in [2.75, 3.05) is 71.0 Å². The van der Waals surface area contributed by atoms with Crippen molar-refractivity contribution in [3.05, 3.63) is 29.6 Å². The molecular weight excluding hydrogens is 512 g/mol. The molecule has 2 aliphatic rings. The van der Waals surface area contributed by atoms with Crippen LogP contribution in [-0.2, 0) is 16.0 Å². The van der Waals surface area contributed by atoms with Crippen LogP contribution < -0.4 is 15.5 Å². The summed E-state index contributed by atoms with van der Waals surface area (Å²) in [5, 5.41) is 6.52. The normalized spacial score (nSPS) is 19.9. The van der Waals surface area contributed by atoms with Crippen molar-refractivity contribution in [2.24, 2.45) is 4.99 Å². The molecule has 2 heterocycles. The van der Waals surface area contributed by atoms with Gasteiger partial charge in [-0.25, -0.2) is 4.39 Å². The molecule has 0 radical (unpaired) electrons. The van der Waals surface area contributed by atoms with E-state index in [-0.39, 0.29) is 35.9 Å². The Balaban J connectivity index is 0.00000341. The highest BCUT2D eigenvalue weighted by atomic mass is 127. The lowest BCUT2D eigenvalue weighted by atomic mass is 10.1. The number of anilines is 1. The predicted molar refractivity (Wildman–Crippen MR) is 134 cm³/mol. The topological polar surface area (TPSA) is 61.4 Å². The molecule has 2 aliphatic heterocycles. The summed E-state index contributed by atoms with van der Waals surface area (Å²) in [6, 6.07) is 5.51. The Hall–Kier alpha value is -1.17. The van der Waals surface area contributed by atoms with Gasteiger partial charge in [0.1, 0.15) is 5.82 Å². The molecule has 1 atom stereocenters. The summed E-state index contributed by atoms with van der Waals surface area (Å²) in [4.78, 5) is 8.76. The number of hydrogen-bond donors (Lipinski definition) is 2. The van der Waals surface area contributed by atoms with Gasteiger partial charge in [0.2, 0.25) is 0 Å². The first-order chi connectivity index (χ1) is 14.7. The maximum absolute atomic E-state index is 14.7. The number of aliphatic imine (C=N–C) groups is 1. The first-order valence-corrected chi connectivity index (χ1v) is 11.1. The minimum Gasteiger partial charge on any atom is -0.379 e. The zero-order valence-electron chi connectivity index (χ0n) is 18.7. The summed E-state index contributed by atoms with van der Waals surface area (Å²) in [5.41, 5.74) is 1.60. The summed E-state index contributed by atoms with van der Waals surface area (Å²) in [6.07, 6.45) is 2.13. The van der Waals surface area contributed by atoms with Crippen molar-refractivity contribution in [1.29, 1.82) is 0 Å². The minimum absolute atomic E-state index is 0. The van der Waals surface area contributed by atoms with Gasteiger partial charge in [0, 0.05) is 59.5 Å². The van der Waals surface area contributed by atoms with E-state index in [1.807, 2.05) is 12.1 Å². The number of hydrogen-bond acceptors (Lipinski definition) is 5. The van der Waals surface area contributed by atoms with Gasteiger partial charge >= 0.3 is 0 Å². The molecule has 7 nitrogen and oxygen atoms in total. The SMILES string of the molecule is CCN1CCN(c2ccc(CNC(=NC)NCCCOC3CCOC3)cc2F)CC1.I. The molecule has 1 aromatic rings. The standard InChI is InChI=1S/C22H36FN5O2.HI/c1-3-27-9-11-28(12-10-27)21-6-5-18(15-20(21)23)16-26-22(24-2)25-8-4-13-30-19-7-14-29-17-19;/h5-6,15,19H,3-4,7-14,16-17H2,1-2H3,(H2,24,25,26);1H. The van der Waals surface area contributed by atoms with Gasteiger partial charge in [0.15, 0.2) is 5.96 Å². The summed E-state index contributed by atoms with van der Waals surface area (Å²) in [5.74, 6) is 0.551. The molecule has 0 spiro atoms. The zero-order chi connectivity index (χ0) is 21.2. The molecular formula is C22H37FIN5O2. The minimum atomic E-state index is -0.157. The Morgan fingerprint density at radius 3 is 2.71 bits per heavy atom. The Morgan fingerprint density at radius 1 is 1.26 bits per heavy atom. The molecule has 0 aromatic heterocycles. The summed E-state index contributed by atoms with van der Waals surface area (Å²) >= 11 is 0. The molecule has 0 amide bonds. The smallest absolute Gasteiger partial charge is 0.191 e. The van der Waals surface area contributed by atoms with E-state index in [4.69, 9.17) is 9.47 Å². The van der Waals surface area contributed by atoms with E-state index in [1.54, 1.807) is 13.1 Å². The first kappa shape index (κ1) is 26.1. The lowest BCUT2D eigenvalue weighted by Crippen LogP contribution is -2.46. The zero-order valence-corrected chi connectivity index (χ0v) is 21.1. The fourth-order valence-corrected chi connectivity index (χ4v) is 3.80. The molecule has 0 bridgehead atoms. The van der Waals surface area contributed by atoms with E-state index in [9.17, 15) is 4.39 Å². The van der Waals surface area contributed by atoms with Crippen LogP contribution in [0.15, 0.2) is 23.2 Å². The molecule has 9 heteroatoms. The molecule has 1 aromatic carbocycles. The van der Waals surface area contributed by atoms with Gasteiger partial charge in [-0.15, -0.1) is 24.0 Å². The van der Waals surface area contributed by atoms with E-state index >= 15 is 0 Å². The third-order valence-corrected chi connectivity index (χ3v) is 5.71. The molecule has 2 fully saturated rings. The molecule has 2 saturated heterocycles. The molecule has 3 rings (SSSR count). The van der Waals surface area contributed by atoms with E-state index < -0.39 is 0 Å². The Kier molecular flexibility index (Phi) is 11.8. The molecule has 0 aliphatic carbocycles. The van der Waals surface area contributed by atoms with Gasteiger partial charge in [-0.3, -0.25) is 4.99 Å². The lowest BCUT2D eigenvalue weighted by molar-refractivity contribution is 0.0420. The number of likely N-dealkylation sites (N-methyl/N-ethyl adjacent to an activating group) is 1. The second-order valence-corrected chi connectivity index (χ2v) is 7.77. The van der Waals surface area contributed by atoms with Crippen molar-refractivity contribution < 1.29 is 13.9 Å². The average Bonchev–Trinajstić information content (AvgIpc) is 3.29. The molecule has 176 valence electrons. The summed E-state index contributed by atoms with van der Waals surface area (Å²) < 4.78 is 25.7. The average molecular weight is 549 g/mol. The van der Waals surface area contributed by atoms with Gasteiger partial charge in [-0.05, 0) is 37.1 Å². The van der Waals surface area contributed by atoms with E-state index in [1.165, 1.54) is 0 Å². The van der Waals surface area contributed by atoms with Gasteiger partial charge in [-0.2, -0.15) is 0 Å². The highest BCUT2D eigenvalue weighted by molar-refractivity contribution is 14.0. The van der Waals surface area contributed by atoms with Crippen molar-refractivity contribution in [3.8, 4) is 0 Å². The largest absolute Gasteiger partial charge is 0.379 e. The second-order valence-electron chi connectivity index (χ2n) is 7.77. The number of rotatable bonds is 9. The van der Waals surface area contributed by atoms with Crippen LogP contribution in [-0.4, -0.2) is 83.1 Å². The van der Waals surface area contributed by atoms with E-state index in [0.29, 0.717) is 31.4 Å². The summed E-state index contributed by atoms with van der Waals surface area (Å²) in [7, 11) is 1.74. The van der Waals surface area contributed by atoms with E-state index in [0.717, 1.165) is 64.3 Å². The lowest BCUT2D eigenvalue weighted by Gasteiger charge is -2.35. The van der Waals surface area contributed by atoms with Crippen LogP contribution in [0.25, 0.3) is 0 Å². The van der Waals surface area contributed by atoms with Crippen LogP contribution >= 0.6 is 24.0 Å².